The lowest BCUT2D eigenvalue weighted by Gasteiger charge is -2.27. The molecule has 1 aliphatic rings. The number of methoxy groups -OCH3 is 1. The summed E-state index contributed by atoms with van der Waals surface area (Å²) in [6.07, 6.45) is 1.16. The van der Waals surface area contributed by atoms with Gasteiger partial charge < -0.3 is 14.6 Å². The summed E-state index contributed by atoms with van der Waals surface area (Å²) in [4.78, 5) is 0. The van der Waals surface area contributed by atoms with Gasteiger partial charge in [0.1, 0.15) is 5.75 Å². The molecule has 0 amide bonds. The quantitative estimate of drug-likeness (QED) is 0.833. The maximum atomic E-state index is 9.63. The Kier molecular flexibility index (Phi) is 3.46. The highest BCUT2D eigenvalue weighted by Gasteiger charge is 2.22. The van der Waals surface area contributed by atoms with E-state index in [0.29, 0.717) is 13.0 Å². The van der Waals surface area contributed by atoms with Crippen LogP contribution in [0.4, 0.5) is 0 Å². The molecule has 1 N–H and O–H groups in total. The lowest BCUT2D eigenvalue weighted by Crippen LogP contribution is -2.23. The normalized spacial score (nSPS) is 25.4. The summed E-state index contributed by atoms with van der Waals surface area (Å²) >= 11 is 0. The average Bonchev–Trinajstić information content (AvgIpc) is 2.28. The van der Waals surface area contributed by atoms with Crippen molar-refractivity contribution in [1.29, 1.82) is 0 Å². The minimum Gasteiger partial charge on any atom is -0.497 e. The summed E-state index contributed by atoms with van der Waals surface area (Å²) in [5.74, 6) is 0.846. The molecule has 3 heteroatoms. The van der Waals surface area contributed by atoms with E-state index in [4.69, 9.17) is 9.47 Å². The van der Waals surface area contributed by atoms with Crippen molar-refractivity contribution in [3.8, 4) is 5.75 Å². The molecule has 1 fully saturated rings. The van der Waals surface area contributed by atoms with Gasteiger partial charge in [-0.2, -0.15) is 0 Å². The Balaban J connectivity index is 2.21. The highest BCUT2D eigenvalue weighted by molar-refractivity contribution is 5.35. The first-order chi connectivity index (χ1) is 7.69. The van der Waals surface area contributed by atoms with E-state index >= 15 is 0 Å². The van der Waals surface area contributed by atoms with Gasteiger partial charge in [0.15, 0.2) is 0 Å². The molecule has 88 valence electrons. The molecule has 2 atom stereocenters. The molecule has 1 heterocycles. The minimum absolute atomic E-state index is 0.00227. The van der Waals surface area contributed by atoms with E-state index in [-0.39, 0.29) is 12.2 Å². The molecular formula is C13H18O3. The van der Waals surface area contributed by atoms with Gasteiger partial charge in [-0.1, -0.05) is 6.07 Å². The number of hydrogen-bond acceptors (Lipinski definition) is 3. The van der Waals surface area contributed by atoms with Gasteiger partial charge >= 0.3 is 0 Å². The summed E-state index contributed by atoms with van der Waals surface area (Å²) in [5.41, 5.74) is 2.24. The van der Waals surface area contributed by atoms with E-state index in [1.807, 2.05) is 19.1 Å². The Morgan fingerprint density at radius 1 is 1.38 bits per heavy atom. The van der Waals surface area contributed by atoms with Crippen molar-refractivity contribution in [3.63, 3.8) is 0 Å². The maximum Gasteiger partial charge on any atom is 0.119 e. The molecule has 16 heavy (non-hydrogen) atoms. The molecule has 1 aromatic carbocycles. The molecule has 1 aromatic rings. The van der Waals surface area contributed by atoms with Gasteiger partial charge in [0, 0.05) is 13.0 Å². The van der Waals surface area contributed by atoms with Crippen molar-refractivity contribution in [2.45, 2.75) is 32.0 Å². The van der Waals surface area contributed by atoms with E-state index < -0.39 is 0 Å². The fraction of sp³-hybridized carbons (Fsp3) is 0.538. The second-order valence-corrected chi connectivity index (χ2v) is 4.32. The van der Waals surface area contributed by atoms with Gasteiger partial charge in [0.2, 0.25) is 0 Å². The second kappa shape index (κ2) is 4.85. The number of hydrogen-bond donors (Lipinski definition) is 1. The van der Waals surface area contributed by atoms with Crippen LogP contribution in [-0.2, 0) is 4.74 Å². The zero-order valence-electron chi connectivity index (χ0n) is 9.77. The Labute approximate surface area is 96.0 Å². The van der Waals surface area contributed by atoms with Crippen LogP contribution in [0.25, 0.3) is 0 Å². The van der Waals surface area contributed by atoms with Crippen LogP contribution in [0.3, 0.4) is 0 Å². The first-order valence-electron chi connectivity index (χ1n) is 5.64. The third-order valence-corrected chi connectivity index (χ3v) is 2.94. The summed E-state index contributed by atoms with van der Waals surface area (Å²) in [6, 6.07) is 6.06. The van der Waals surface area contributed by atoms with Crippen LogP contribution < -0.4 is 4.74 Å². The van der Waals surface area contributed by atoms with E-state index in [1.165, 1.54) is 0 Å². The standard InChI is InChI=1S/C13H18O3/c1-9-5-10(7-12(6-9)15-2)13-8-11(14)3-4-16-13/h5-7,11,13-14H,3-4,8H2,1-2H3. The zero-order chi connectivity index (χ0) is 11.5. The molecule has 1 aliphatic heterocycles. The molecule has 0 radical (unpaired) electrons. The summed E-state index contributed by atoms with van der Waals surface area (Å²) in [7, 11) is 1.66. The Bertz CT molecular complexity index is 362. The summed E-state index contributed by atoms with van der Waals surface area (Å²) in [5, 5.41) is 9.63. The first-order valence-corrected chi connectivity index (χ1v) is 5.64. The van der Waals surface area contributed by atoms with Gasteiger partial charge in [-0.3, -0.25) is 0 Å². The van der Waals surface area contributed by atoms with E-state index in [0.717, 1.165) is 23.3 Å². The average molecular weight is 222 g/mol. The molecule has 1 saturated heterocycles. The van der Waals surface area contributed by atoms with Gasteiger partial charge in [-0.15, -0.1) is 0 Å². The van der Waals surface area contributed by atoms with E-state index in [1.54, 1.807) is 7.11 Å². The number of rotatable bonds is 2. The topological polar surface area (TPSA) is 38.7 Å². The highest BCUT2D eigenvalue weighted by Crippen LogP contribution is 2.30. The zero-order valence-corrected chi connectivity index (χ0v) is 9.77. The van der Waals surface area contributed by atoms with Gasteiger partial charge in [0.05, 0.1) is 19.3 Å². The van der Waals surface area contributed by atoms with Crippen LogP contribution in [0.2, 0.25) is 0 Å². The molecule has 0 spiro atoms. The smallest absolute Gasteiger partial charge is 0.119 e. The maximum absolute atomic E-state index is 9.63. The monoisotopic (exact) mass is 222 g/mol. The van der Waals surface area contributed by atoms with Crippen molar-refractivity contribution in [2.24, 2.45) is 0 Å². The van der Waals surface area contributed by atoms with Gasteiger partial charge in [0.25, 0.3) is 0 Å². The minimum atomic E-state index is -0.245. The Hall–Kier alpha value is -1.06. The van der Waals surface area contributed by atoms with Crippen molar-refractivity contribution in [1.82, 2.24) is 0 Å². The van der Waals surface area contributed by atoms with E-state index in [9.17, 15) is 5.11 Å². The van der Waals surface area contributed by atoms with Gasteiger partial charge in [-0.25, -0.2) is 0 Å². The number of benzene rings is 1. The van der Waals surface area contributed by atoms with Crippen molar-refractivity contribution in [2.75, 3.05) is 13.7 Å². The van der Waals surface area contributed by atoms with Gasteiger partial charge in [-0.05, 0) is 36.6 Å². The molecule has 0 saturated carbocycles. The summed E-state index contributed by atoms with van der Waals surface area (Å²) in [6.45, 7) is 2.66. The predicted molar refractivity (Wildman–Crippen MR) is 61.7 cm³/mol. The third kappa shape index (κ3) is 2.54. The van der Waals surface area contributed by atoms with Crippen LogP contribution in [0.15, 0.2) is 18.2 Å². The molecule has 3 nitrogen and oxygen atoms in total. The number of aliphatic hydroxyl groups is 1. The molecule has 2 unspecified atom stereocenters. The first kappa shape index (κ1) is 11.4. The largest absolute Gasteiger partial charge is 0.497 e. The number of aryl methyl sites for hydroxylation is 1. The van der Waals surface area contributed by atoms with Crippen molar-refractivity contribution in [3.05, 3.63) is 29.3 Å². The lowest BCUT2D eigenvalue weighted by atomic mass is 9.98. The molecular weight excluding hydrogens is 204 g/mol. The number of aliphatic hydroxyl groups excluding tert-OH is 1. The molecule has 0 aliphatic carbocycles. The number of ether oxygens (including phenoxy) is 2. The second-order valence-electron chi connectivity index (χ2n) is 4.32. The lowest BCUT2D eigenvalue weighted by molar-refractivity contribution is -0.0448. The molecule has 0 aromatic heterocycles. The molecule has 2 rings (SSSR count). The Morgan fingerprint density at radius 2 is 2.19 bits per heavy atom. The van der Waals surface area contributed by atoms with Crippen LogP contribution in [-0.4, -0.2) is 24.9 Å². The van der Waals surface area contributed by atoms with E-state index in [2.05, 4.69) is 6.07 Å². The van der Waals surface area contributed by atoms with Crippen LogP contribution >= 0.6 is 0 Å². The predicted octanol–water partition coefficient (Wildman–Crippen LogP) is 2.22. The third-order valence-electron chi connectivity index (χ3n) is 2.94. The van der Waals surface area contributed by atoms with Crippen LogP contribution in [0.1, 0.15) is 30.1 Å². The van der Waals surface area contributed by atoms with Crippen molar-refractivity contribution < 1.29 is 14.6 Å². The molecule has 0 bridgehead atoms. The van der Waals surface area contributed by atoms with Crippen LogP contribution in [0.5, 0.6) is 5.75 Å². The van der Waals surface area contributed by atoms with Crippen LogP contribution in [0, 0.1) is 6.92 Å². The van der Waals surface area contributed by atoms with Crippen molar-refractivity contribution >= 4 is 0 Å². The summed E-state index contributed by atoms with van der Waals surface area (Å²) < 4.78 is 10.9. The Morgan fingerprint density at radius 3 is 2.88 bits per heavy atom. The fourth-order valence-corrected chi connectivity index (χ4v) is 2.09. The fourth-order valence-electron chi connectivity index (χ4n) is 2.09. The highest BCUT2D eigenvalue weighted by atomic mass is 16.5. The SMILES string of the molecule is COc1cc(C)cc(C2CC(O)CCO2)c1.